The molecular formula is C17H25NO4. The molecule has 5 nitrogen and oxygen atoms in total. The Balaban J connectivity index is 2.76. The van der Waals surface area contributed by atoms with Crippen LogP contribution in [0.4, 0.5) is 4.79 Å². The maximum absolute atomic E-state index is 11.9. The number of ether oxygens (including phenoxy) is 3. The van der Waals surface area contributed by atoms with Crippen LogP contribution in [-0.2, 0) is 4.74 Å². The van der Waals surface area contributed by atoms with Crippen LogP contribution in [0.15, 0.2) is 24.3 Å². The molecule has 1 amide bonds. The molecular weight excluding hydrogens is 282 g/mol. The molecule has 0 aliphatic carbocycles. The molecule has 0 N–H and O–H groups in total. The van der Waals surface area contributed by atoms with E-state index in [1.54, 1.807) is 21.3 Å². The molecule has 0 spiro atoms. The smallest absolute Gasteiger partial charge is 0.410 e. The zero-order valence-corrected chi connectivity index (χ0v) is 14.2. The third-order valence-corrected chi connectivity index (χ3v) is 2.83. The Hall–Kier alpha value is -2.17. The molecule has 0 aliphatic heterocycles. The normalized spacial score (nSPS) is 11.4. The van der Waals surface area contributed by atoms with Gasteiger partial charge in [0.05, 0.1) is 19.8 Å². The van der Waals surface area contributed by atoms with E-state index in [2.05, 4.69) is 0 Å². The van der Waals surface area contributed by atoms with E-state index in [1.165, 1.54) is 4.90 Å². The molecule has 0 atom stereocenters. The van der Waals surface area contributed by atoms with E-state index in [1.807, 2.05) is 51.1 Å². The minimum Gasteiger partial charge on any atom is -0.496 e. The first-order valence-electron chi connectivity index (χ1n) is 7.10. The number of carbonyl (C=O) groups is 1. The van der Waals surface area contributed by atoms with E-state index in [-0.39, 0.29) is 6.09 Å². The number of methoxy groups -OCH3 is 2. The average molecular weight is 307 g/mol. The summed E-state index contributed by atoms with van der Waals surface area (Å²) in [4.78, 5) is 13.4. The van der Waals surface area contributed by atoms with Gasteiger partial charge in [-0.15, -0.1) is 0 Å². The number of nitrogens with zero attached hydrogens (tertiary/aromatic N) is 1. The van der Waals surface area contributed by atoms with Crippen LogP contribution in [0.2, 0.25) is 0 Å². The summed E-state index contributed by atoms with van der Waals surface area (Å²) in [5.41, 5.74) is 0.339. The molecule has 1 aromatic carbocycles. The van der Waals surface area contributed by atoms with E-state index in [4.69, 9.17) is 14.2 Å². The summed E-state index contributed by atoms with van der Waals surface area (Å²) in [6.07, 6.45) is 3.38. The van der Waals surface area contributed by atoms with Gasteiger partial charge < -0.3 is 19.1 Å². The summed E-state index contributed by atoms with van der Waals surface area (Å²) in [5, 5.41) is 0. The fraction of sp³-hybridized carbons (Fsp3) is 0.471. The molecule has 0 saturated carbocycles. The van der Waals surface area contributed by atoms with Crippen molar-refractivity contribution in [1.29, 1.82) is 0 Å². The van der Waals surface area contributed by atoms with Gasteiger partial charge >= 0.3 is 6.09 Å². The molecule has 5 heteroatoms. The van der Waals surface area contributed by atoms with Gasteiger partial charge in [0, 0.05) is 13.6 Å². The van der Waals surface area contributed by atoms with Crippen molar-refractivity contribution < 1.29 is 19.0 Å². The van der Waals surface area contributed by atoms with Gasteiger partial charge in [0.15, 0.2) is 0 Å². The molecule has 0 fully saturated rings. The summed E-state index contributed by atoms with van der Waals surface area (Å²) in [6, 6.07) is 5.58. The van der Waals surface area contributed by atoms with Crippen molar-refractivity contribution in [3.05, 3.63) is 29.8 Å². The number of carbonyl (C=O) groups excluding carboxylic acids is 1. The maximum Gasteiger partial charge on any atom is 0.410 e. The third-order valence-electron chi connectivity index (χ3n) is 2.83. The van der Waals surface area contributed by atoms with Crippen LogP contribution in [-0.4, -0.2) is 44.4 Å². The SMILES string of the molecule is COc1cccc(OC)c1/C=C/CN(C)C(=O)OC(C)(C)C. The third kappa shape index (κ3) is 5.31. The van der Waals surface area contributed by atoms with Gasteiger partial charge in [-0.2, -0.15) is 0 Å². The van der Waals surface area contributed by atoms with Crippen LogP contribution < -0.4 is 9.47 Å². The van der Waals surface area contributed by atoms with Crippen molar-refractivity contribution in [3.63, 3.8) is 0 Å². The number of amides is 1. The predicted octanol–water partition coefficient (Wildman–Crippen LogP) is 3.58. The molecule has 0 bridgehead atoms. The van der Waals surface area contributed by atoms with Crippen LogP contribution >= 0.6 is 0 Å². The molecule has 0 saturated heterocycles. The van der Waals surface area contributed by atoms with E-state index in [9.17, 15) is 4.79 Å². The molecule has 0 radical (unpaired) electrons. The highest BCUT2D eigenvalue weighted by atomic mass is 16.6. The lowest BCUT2D eigenvalue weighted by Gasteiger charge is -2.23. The second kappa shape index (κ2) is 7.73. The minimum absolute atomic E-state index is 0.357. The lowest BCUT2D eigenvalue weighted by Crippen LogP contribution is -2.34. The highest BCUT2D eigenvalue weighted by molar-refractivity contribution is 5.69. The molecule has 0 heterocycles. The lowest BCUT2D eigenvalue weighted by atomic mass is 10.1. The van der Waals surface area contributed by atoms with Crippen molar-refractivity contribution in [2.24, 2.45) is 0 Å². The predicted molar refractivity (Wildman–Crippen MR) is 87.4 cm³/mol. The van der Waals surface area contributed by atoms with Gasteiger partial charge in [0.1, 0.15) is 17.1 Å². The zero-order chi connectivity index (χ0) is 16.8. The van der Waals surface area contributed by atoms with Crippen molar-refractivity contribution >= 4 is 12.2 Å². The highest BCUT2D eigenvalue weighted by Crippen LogP contribution is 2.29. The summed E-state index contributed by atoms with van der Waals surface area (Å²) in [7, 11) is 4.91. The fourth-order valence-corrected chi connectivity index (χ4v) is 1.79. The topological polar surface area (TPSA) is 48.0 Å². The first-order chi connectivity index (χ1) is 10.3. The van der Waals surface area contributed by atoms with Gasteiger partial charge in [0.25, 0.3) is 0 Å². The van der Waals surface area contributed by atoms with Crippen molar-refractivity contribution in [2.75, 3.05) is 27.8 Å². The Morgan fingerprint density at radius 3 is 2.18 bits per heavy atom. The highest BCUT2D eigenvalue weighted by Gasteiger charge is 2.18. The molecule has 0 unspecified atom stereocenters. The summed E-state index contributed by atoms with van der Waals surface area (Å²) >= 11 is 0. The number of hydrogen-bond acceptors (Lipinski definition) is 4. The Kier molecular flexibility index (Phi) is 6.28. The maximum atomic E-state index is 11.9. The quantitative estimate of drug-likeness (QED) is 0.834. The van der Waals surface area contributed by atoms with Crippen LogP contribution in [0.25, 0.3) is 6.08 Å². The fourth-order valence-electron chi connectivity index (χ4n) is 1.79. The molecule has 0 aromatic heterocycles. The standard InChI is InChI=1S/C17H25NO4/c1-17(2,3)22-16(19)18(4)12-8-9-13-14(20-5)10-7-11-15(13)21-6/h7-11H,12H2,1-6H3/b9-8+. The van der Waals surface area contributed by atoms with Crippen LogP contribution in [0.3, 0.4) is 0 Å². The number of likely N-dealkylation sites (N-methyl/N-ethyl adjacent to an activating group) is 1. The number of rotatable bonds is 5. The second-order valence-electron chi connectivity index (χ2n) is 5.84. The molecule has 122 valence electrons. The lowest BCUT2D eigenvalue weighted by molar-refractivity contribution is 0.0318. The Morgan fingerprint density at radius 1 is 1.18 bits per heavy atom. The monoisotopic (exact) mass is 307 g/mol. The van der Waals surface area contributed by atoms with Crippen molar-refractivity contribution in [3.8, 4) is 11.5 Å². The van der Waals surface area contributed by atoms with Gasteiger partial charge in [-0.3, -0.25) is 0 Å². The van der Waals surface area contributed by atoms with E-state index in [0.29, 0.717) is 6.54 Å². The van der Waals surface area contributed by atoms with Crippen molar-refractivity contribution in [1.82, 2.24) is 4.90 Å². The number of hydrogen-bond donors (Lipinski definition) is 0. The molecule has 22 heavy (non-hydrogen) atoms. The second-order valence-corrected chi connectivity index (χ2v) is 5.84. The first kappa shape index (κ1) is 17.9. The van der Waals surface area contributed by atoms with Crippen LogP contribution in [0.1, 0.15) is 26.3 Å². The first-order valence-corrected chi connectivity index (χ1v) is 7.10. The van der Waals surface area contributed by atoms with Crippen LogP contribution in [0, 0.1) is 0 Å². The van der Waals surface area contributed by atoms with Gasteiger partial charge in [0.2, 0.25) is 0 Å². The van der Waals surface area contributed by atoms with E-state index in [0.717, 1.165) is 17.1 Å². The molecule has 1 aromatic rings. The van der Waals surface area contributed by atoms with E-state index < -0.39 is 5.60 Å². The Labute approximate surface area is 132 Å². The number of benzene rings is 1. The molecule has 1 rings (SSSR count). The Morgan fingerprint density at radius 2 is 1.73 bits per heavy atom. The summed E-state index contributed by atoms with van der Waals surface area (Å²) < 4.78 is 15.9. The summed E-state index contributed by atoms with van der Waals surface area (Å²) in [6.45, 7) is 5.95. The van der Waals surface area contributed by atoms with Gasteiger partial charge in [-0.05, 0) is 39.0 Å². The average Bonchev–Trinajstić information content (AvgIpc) is 2.45. The van der Waals surface area contributed by atoms with Crippen molar-refractivity contribution in [2.45, 2.75) is 26.4 Å². The zero-order valence-electron chi connectivity index (χ0n) is 14.2. The van der Waals surface area contributed by atoms with E-state index >= 15 is 0 Å². The summed E-state index contributed by atoms with van der Waals surface area (Å²) in [5.74, 6) is 1.44. The minimum atomic E-state index is -0.499. The Bertz CT molecular complexity index is 510. The van der Waals surface area contributed by atoms with Gasteiger partial charge in [-0.25, -0.2) is 4.79 Å². The van der Waals surface area contributed by atoms with Gasteiger partial charge in [-0.1, -0.05) is 12.1 Å². The van der Waals surface area contributed by atoms with Crippen LogP contribution in [0.5, 0.6) is 11.5 Å². The largest absolute Gasteiger partial charge is 0.496 e. The molecule has 0 aliphatic rings.